The van der Waals surface area contributed by atoms with Crippen molar-refractivity contribution in [1.29, 1.82) is 0 Å². The van der Waals surface area contributed by atoms with Crippen LogP contribution in [0.1, 0.15) is 24.0 Å². The van der Waals surface area contributed by atoms with Gasteiger partial charge in [-0.2, -0.15) is 5.10 Å². The van der Waals surface area contributed by atoms with Crippen molar-refractivity contribution in [2.45, 2.75) is 19.3 Å². The molecule has 0 atom stereocenters. The van der Waals surface area contributed by atoms with Crippen LogP contribution in [0.15, 0.2) is 47.6 Å². The molecule has 2 N–H and O–H groups in total. The van der Waals surface area contributed by atoms with Crippen LogP contribution in [-0.4, -0.2) is 17.5 Å². The number of halogens is 2. The molecule has 2 aromatic rings. The van der Waals surface area contributed by atoms with Gasteiger partial charge in [0.1, 0.15) is 0 Å². The lowest BCUT2D eigenvalue weighted by Gasteiger charge is -2.13. The van der Waals surface area contributed by atoms with Crippen LogP contribution in [0, 0.1) is 0 Å². The van der Waals surface area contributed by atoms with Crippen LogP contribution in [0.4, 0.5) is 5.69 Å². The maximum Gasteiger partial charge on any atom is 0.240 e. The van der Waals surface area contributed by atoms with E-state index in [4.69, 9.17) is 23.2 Å². The normalized spacial score (nSPS) is 13.8. The standard InChI is InChI=1S/C18H15Cl2N3O2/c19-14-2-1-3-15(20)13(14)10-18(25)21-12-6-4-11(5-7-12)16-8-9-17(24)23-22-16/h1-7H,8-10H2,(H,21,25)(H,23,24). The van der Waals surface area contributed by atoms with Crippen molar-refractivity contribution < 1.29 is 9.59 Å². The molecule has 3 rings (SSSR count). The SMILES string of the molecule is O=C1CCC(c2ccc(NC(=O)Cc3c(Cl)cccc3Cl)cc2)=NN1. The van der Waals surface area contributed by atoms with Gasteiger partial charge in [-0.15, -0.1) is 0 Å². The van der Waals surface area contributed by atoms with Gasteiger partial charge in [0, 0.05) is 28.6 Å². The summed E-state index contributed by atoms with van der Waals surface area (Å²) in [5.74, 6) is -0.282. The Labute approximate surface area is 155 Å². The maximum absolute atomic E-state index is 12.2. The molecule has 0 fully saturated rings. The van der Waals surface area contributed by atoms with Gasteiger partial charge in [-0.3, -0.25) is 9.59 Å². The lowest BCUT2D eigenvalue weighted by atomic mass is 10.0. The lowest BCUT2D eigenvalue weighted by Crippen LogP contribution is -2.25. The molecular weight excluding hydrogens is 361 g/mol. The van der Waals surface area contributed by atoms with Crippen LogP contribution in [-0.2, 0) is 16.0 Å². The second-order valence-corrected chi connectivity index (χ2v) is 6.41. The van der Waals surface area contributed by atoms with E-state index in [-0.39, 0.29) is 18.2 Å². The average molecular weight is 376 g/mol. The second kappa shape index (κ2) is 7.68. The molecule has 0 saturated carbocycles. The summed E-state index contributed by atoms with van der Waals surface area (Å²) in [6.45, 7) is 0. The zero-order valence-electron chi connectivity index (χ0n) is 13.2. The summed E-state index contributed by atoms with van der Waals surface area (Å²) in [5, 5.41) is 7.80. The topological polar surface area (TPSA) is 70.6 Å². The van der Waals surface area contributed by atoms with Crippen molar-refractivity contribution in [3.05, 3.63) is 63.6 Å². The molecule has 7 heteroatoms. The molecule has 5 nitrogen and oxygen atoms in total. The van der Waals surface area contributed by atoms with Gasteiger partial charge in [-0.25, -0.2) is 5.43 Å². The molecule has 0 aliphatic carbocycles. The number of carbonyl (C=O) groups is 2. The molecule has 1 aliphatic rings. The summed E-state index contributed by atoms with van der Waals surface area (Å²) >= 11 is 12.2. The van der Waals surface area contributed by atoms with E-state index in [1.807, 2.05) is 12.1 Å². The lowest BCUT2D eigenvalue weighted by molar-refractivity contribution is -0.121. The second-order valence-electron chi connectivity index (χ2n) is 5.60. The Hall–Kier alpha value is -2.37. The minimum atomic E-state index is -0.204. The van der Waals surface area contributed by atoms with E-state index in [1.54, 1.807) is 30.3 Å². The van der Waals surface area contributed by atoms with E-state index >= 15 is 0 Å². The first-order valence-corrected chi connectivity index (χ1v) is 8.47. The first-order valence-electron chi connectivity index (χ1n) is 7.71. The highest BCUT2D eigenvalue weighted by atomic mass is 35.5. The Balaban J connectivity index is 1.65. The average Bonchev–Trinajstić information content (AvgIpc) is 2.60. The first kappa shape index (κ1) is 17.5. The van der Waals surface area contributed by atoms with Crippen molar-refractivity contribution in [1.82, 2.24) is 5.43 Å². The van der Waals surface area contributed by atoms with E-state index in [0.29, 0.717) is 34.1 Å². The number of amides is 2. The molecule has 1 heterocycles. The third-order valence-corrected chi connectivity index (χ3v) is 4.51. The van der Waals surface area contributed by atoms with Gasteiger partial charge in [0.25, 0.3) is 0 Å². The number of carbonyl (C=O) groups excluding carboxylic acids is 2. The number of anilines is 1. The Morgan fingerprint density at radius 1 is 1.08 bits per heavy atom. The van der Waals surface area contributed by atoms with Crippen molar-refractivity contribution in [3.8, 4) is 0 Å². The van der Waals surface area contributed by atoms with Gasteiger partial charge < -0.3 is 5.32 Å². The molecule has 0 radical (unpaired) electrons. The van der Waals surface area contributed by atoms with Crippen LogP contribution in [0.5, 0.6) is 0 Å². The minimum Gasteiger partial charge on any atom is -0.326 e. The van der Waals surface area contributed by atoms with Gasteiger partial charge in [0.05, 0.1) is 12.1 Å². The molecule has 0 saturated heterocycles. The molecule has 0 bridgehead atoms. The first-order chi connectivity index (χ1) is 12.0. The molecular formula is C18H15Cl2N3O2. The van der Waals surface area contributed by atoms with Crippen LogP contribution < -0.4 is 10.7 Å². The predicted molar refractivity (Wildman–Crippen MR) is 99.2 cm³/mol. The van der Waals surface area contributed by atoms with Gasteiger partial charge in [-0.1, -0.05) is 41.4 Å². The quantitative estimate of drug-likeness (QED) is 0.853. The highest BCUT2D eigenvalue weighted by Gasteiger charge is 2.14. The van der Waals surface area contributed by atoms with Crippen LogP contribution in [0.2, 0.25) is 10.0 Å². The minimum absolute atomic E-state index is 0.0779. The van der Waals surface area contributed by atoms with E-state index in [0.717, 1.165) is 11.3 Å². The van der Waals surface area contributed by atoms with E-state index in [2.05, 4.69) is 15.8 Å². The number of nitrogens with one attached hydrogen (secondary N) is 2. The van der Waals surface area contributed by atoms with Crippen molar-refractivity contribution in [2.24, 2.45) is 5.10 Å². The Morgan fingerprint density at radius 2 is 1.76 bits per heavy atom. The van der Waals surface area contributed by atoms with Crippen molar-refractivity contribution >= 4 is 46.4 Å². The molecule has 25 heavy (non-hydrogen) atoms. The third-order valence-electron chi connectivity index (χ3n) is 3.81. The van der Waals surface area contributed by atoms with E-state index in [1.165, 1.54) is 0 Å². The summed E-state index contributed by atoms with van der Waals surface area (Å²) in [4.78, 5) is 23.3. The summed E-state index contributed by atoms with van der Waals surface area (Å²) in [7, 11) is 0. The number of benzene rings is 2. The number of hydrazone groups is 1. The summed E-state index contributed by atoms with van der Waals surface area (Å²) in [6.07, 6.45) is 1.12. The highest BCUT2D eigenvalue weighted by molar-refractivity contribution is 6.36. The Bertz CT molecular complexity index is 828. The van der Waals surface area contributed by atoms with Crippen LogP contribution in [0.3, 0.4) is 0 Å². The highest BCUT2D eigenvalue weighted by Crippen LogP contribution is 2.25. The fraction of sp³-hybridized carbons (Fsp3) is 0.167. The number of rotatable bonds is 4. The molecule has 2 aromatic carbocycles. The summed E-state index contributed by atoms with van der Waals surface area (Å²) < 4.78 is 0. The van der Waals surface area contributed by atoms with Crippen molar-refractivity contribution in [3.63, 3.8) is 0 Å². The number of hydrogen-bond acceptors (Lipinski definition) is 3. The van der Waals surface area contributed by atoms with Gasteiger partial charge in [0.15, 0.2) is 0 Å². The molecule has 0 unspecified atom stereocenters. The predicted octanol–water partition coefficient (Wildman–Crippen LogP) is 3.79. The molecule has 2 amide bonds. The van der Waals surface area contributed by atoms with Crippen LogP contribution >= 0.6 is 23.2 Å². The van der Waals surface area contributed by atoms with Gasteiger partial charge in [-0.05, 0) is 35.4 Å². The zero-order valence-corrected chi connectivity index (χ0v) is 14.7. The van der Waals surface area contributed by atoms with Crippen molar-refractivity contribution in [2.75, 3.05) is 5.32 Å². The summed E-state index contributed by atoms with van der Waals surface area (Å²) in [5.41, 5.74) is 5.47. The van der Waals surface area contributed by atoms with Gasteiger partial charge in [0.2, 0.25) is 11.8 Å². The molecule has 0 aromatic heterocycles. The summed E-state index contributed by atoms with van der Waals surface area (Å²) in [6, 6.07) is 12.4. The Morgan fingerprint density at radius 3 is 2.36 bits per heavy atom. The third kappa shape index (κ3) is 4.38. The number of hydrogen-bond donors (Lipinski definition) is 2. The van der Waals surface area contributed by atoms with Gasteiger partial charge >= 0.3 is 0 Å². The maximum atomic E-state index is 12.2. The monoisotopic (exact) mass is 375 g/mol. The number of nitrogens with zero attached hydrogens (tertiary/aromatic N) is 1. The Kier molecular flexibility index (Phi) is 5.36. The fourth-order valence-electron chi connectivity index (χ4n) is 2.50. The van der Waals surface area contributed by atoms with E-state index in [9.17, 15) is 9.59 Å². The molecule has 0 spiro atoms. The smallest absolute Gasteiger partial charge is 0.240 e. The van der Waals surface area contributed by atoms with E-state index < -0.39 is 0 Å². The fourth-order valence-corrected chi connectivity index (χ4v) is 3.03. The zero-order chi connectivity index (χ0) is 17.8. The molecule has 128 valence electrons. The molecule has 1 aliphatic heterocycles. The van der Waals surface area contributed by atoms with Crippen LogP contribution in [0.25, 0.3) is 0 Å². The largest absolute Gasteiger partial charge is 0.326 e.